The maximum atomic E-state index is 11.9. The van der Waals surface area contributed by atoms with E-state index in [4.69, 9.17) is 9.84 Å². The first-order valence-electron chi connectivity index (χ1n) is 5.27. The molecule has 1 saturated heterocycles. The summed E-state index contributed by atoms with van der Waals surface area (Å²) in [6.07, 6.45) is 1.16. The number of hydrogen-bond acceptors (Lipinski definition) is 4. The van der Waals surface area contributed by atoms with Crippen molar-refractivity contribution in [3.8, 4) is 5.75 Å². The van der Waals surface area contributed by atoms with Gasteiger partial charge in [-0.25, -0.2) is 4.98 Å². The molecular weight excluding hydrogens is 208 g/mol. The fraction of sp³-hybridized carbons (Fsp3) is 0.455. The Bertz CT molecular complexity index is 389. The lowest BCUT2D eigenvalue weighted by molar-refractivity contribution is 0.00525. The predicted octanol–water partition coefficient (Wildman–Crippen LogP) is 0.297. The number of likely N-dealkylation sites (tertiary alicyclic amines) is 1. The molecule has 16 heavy (non-hydrogen) atoms. The molecule has 0 atom stereocenters. The summed E-state index contributed by atoms with van der Waals surface area (Å²) in [7, 11) is 0. The van der Waals surface area contributed by atoms with Crippen LogP contribution in [-0.2, 0) is 0 Å². The smallest absolute Gasteiger partial charge is 0.276 e. The lowest BCUT2D eigenvalue weighted by Gasteiger charge is -2.35. The predicted molar refractivity (Wildman–Crippen MR) is 57.3 cm³/mol. The molecule has 1 aromatic rings. The Kier molecular flexibility index (Phi) is 3.05. The number of nitrogens with zero attached hydrogens (tertiary/aromatic N) is 2. The number of aliphatic hydroxyl groups excluding tert-OH is 1. The number of aromatic nitrogens is 1. The number of hydrogen-bond donors (Lipinski definition) is 1. The standard InChI is InChI=1S/C11H14N2O3/c1-2-16-9-4-3-5-12-10(9)11(15)13-6-8(14)7-13/h3-5,8,14H,2,6-7H2,1H3. The van der Waals surface area contributed by atoms with Crippen molar-refractivity contribution in [2.45, 2.75) is 13.0 Å². The highest BCUT2D eigenvalue weighted by Gasteiger charge is 2.31. The average Bonchev–Trinajstić information content (AvgIpc) is 2.25. The number of pyridine rings is 1. The Labute approximate surface area is 93.7 Å². The Morgan fingerprint density at radius 3 is 3.06 bits per heavy atom. The molecular formula is C11H14N2O3. The van der Waals surface area contributed by atoms with Crippen molar-refractivity contribution in [1.82, 2.24) is 9.88 Å². The third-order valence-corrected chi connectivity index (χ3v) is 2.42. The van der Waals surface area contributed by atoms with E-state index in [0.29, 0.717) is 31.1 Å². The monoisotopic (exact) mass is 222 g/mol. The van der Waals surface area contributed by atoms with Crippen molar-refractivity contribution in [3.05, 3.63) is 24.0 Å². The SMILES string of the molecule is CCOc1cccnc1C(=O)N1CC(O)C1. The second-order valence-corrected chi connectivity index (χ2v) is 3.65. The van der Waals surface area contributed by atoms with Crippen molar-refractivity contribution >= 4 is 5.91 Å². The van der Waals surface area contributed by atoms with Crippen molar-refractivity contribution < 1.29 is 14.6 Å². The molecule has 1 N–H and O–H groups in total. The Morgan fingerprint density at radius 2 is 2.44 bits per heavy atom. The zero-order chi connectivity index (χ0) is 11.5. The molecule has 86 valence electrons. The molecule has 5 nitrogen and oxygen atoms in total. The molecule has 1 aliphatic heterocycles. The summed E-state index contributed by atoms with van der Waals surface area (Å²) in [5.74, 6) is 0.311. The number of β-amino-alcohol motifs (C(OH)–C–C–N with tert-alkyl or cyclic N) is 1. The molecule has 0 saturated carbocycles. The Hall–Kier alpha value is -1.62. The fourth-order valence-electron chi connectivity index (χ4n) is 1.59. The zero-order valence-corrected chi connectivity index (χ0v) is 9.09. The lowest BCUT2D eigenvalue weighted by Crippen LogP contribution is -2.53. The van der Waals surface area contributed by atoms with Gasteiger partial charge in [0.05, 0.1) is 12.7 Å². The van der Waals surface area contributed by atoms with Crippen LogP contribution in [0.2, 0.25) is 0 Å². The van der Waals surface area contributed by atoms with Gasteiger partial charge in [0, 0.05) is 19.3 Å². The van der Waals surface area contributed by atoms with E-state index >= 15 is 0 Å². The molecule has 0 spiro atoms. The van der Waals surface area contributed by atoms with Gasteiger partial charge < -0.3 is 14.7 Å². The van der Waals surface area contributed by atoms with Crippen LogP contribution < -0.4 is 4.74 Å². The maximum Gasteiger partial charge on any atom is 0.276 e. The minimum absolute atomic E-state index is 0.186. The van der Waals surface area contributed by atoms with Crippen molar-refractivity contribution in [2.75, 3.05) is 19.7 Å². The average molecular weight is 222 g/mol. The second-order valence-electron chi connectivity index (χ2n) is 3.65. The van der Waals surface area contributed by atoms with Gasteiger partial charge in [0.2, 0.25) is 0 Å². The highest BCUT2D eigenvalue weighted by molar-refractivity contribution is 5.95. The number of carbonyl (C=O) groups excluding carboxylic acids is 1. The number of aliphatic hydroxyl groups is 1. The molecule has 5 heteroatoms. The van der Waals surface area contributed by atoms with E-state index in [0.717, 1.165) is 0 Å². The van der Waals surface area contributed by atoms with Gasteiger partial charge in [-0.05, 0) is 19.1 Å². The summed E-state index contributed by atoms with van der Waals surface area (Å²) in [4.78, 5) is 17.5. The minimum atomic E-state index is -0.400. The van der Waals surface area contributed by atoms with Crippen LogP contribution in [0.4, 0.5) is 0 Å². The minimum Gasteiger partial charge on any atom is -0.491 e. The van der Waals surface area contributed by atoms with Gasteiger partial charge in [0.25, 0.3) is 5.91 Å². The van der Waals surface area contributed by atoms with Crippen molar-refractivity contribution in [3.63, 3.8) is 0 Å². The third kappa shape index (κ3) is 1.99. The lowest BCUT2D eigenvalue weighted by atomic mass is 10.1. The summed E-state index contributed by atoms with van der Waals surface area (Å²) in [5.41, 5.74) is 0.316. The van der Waals surface area contributed by atoms with E-state index in [1.807, 2.05) is 6.92 Å². The van der Waals surface area contributed by atoms with Crippen LogP contribution in [0.3, 0.4) is 0 Å². The van der Waals surface area contributed by atoms with Gasteiger partial charge >= 0.3 is 0 Å². The molecule has 2 heterocycles. The summed E-state index contributed by atoms with van der Waals surface area (Å²) in [6, 6.07) is 3.45. The third-order valence-electron chi connectivity index (χ3n) is 2.42. The number of amides is 1. The normalized spacial score (nSPS) is 15.8. The molecule has 1 aliphatic rings. The largest absolute Gasteiger partial charge is 0.491 e. The zero-order valence-electron chi connectivity index (χ0n) is 9.09. The van der Waals surface area contributed by atoms with Gasteiger partial charge in [-0.2, -0.15) is 0 Å². The van der Waals surface area contributed by atoms with Crippen LogP contribution in [0.25, 0.3) is 0 Å². The van der Waals surface area contributed by atoms with Gasteiger partial charge in [0.1, 0.15) is 0 Å². The van der Waals surface area contributed by atoms with Crippen LogP contribution in [-0.4, -0.2) is 46.7 Å². The van der Waals surface area contributed by atoms with E-state index in [1.165, 1.54) is 0 Å². The summed E-state index contributed by atoms with van der Waals surface area (Å²) >= 11 is 0. The highest BCUT2D eigenvalue weighted by Crippen LogP contribution is 2.20. The van der Waals surface area contributed by atoms with Gasteiger partial charge in [-0.3, -0.25) is 4.79 Å². The van der Waals surface area contributed by atoms with Crippen molar-refractivity contribution in [2.24, 2.45) is 0 Å². The van der Waals surface area contributed by atoms with Crippen molar-refractivity contribution in [1.29, 1.82) is 0 Å². The molecule has 0 aromatic carbocycles. The van der Waals surface area contributed by atoms with E-state index in [9.17, 15) is 4.79 Å². The van der Waals surface area contributed by atoms with Crippen LogP contribution in [0.15, 0.2) is 18.3 Å². The fourth-order valence-corrected chi connectivity index (χ4v) is 1.59. The number of carbonyl (C=O) groups is 1. The Morgan fingerprint density at radius 1 is 1.69 bits per heavy atom. The van der Waals surface area contributed by atoms with E-state index in [1.54, 1.807) is 23.2 Å². The molecule has 1 aromatic heterocycles. The quantitative estimate of drug-likeness (QED) is 0.798. The van der Waals surface area contributed by atoms with Gasteiger partial charge in [-0.1, -0.05) is 0 Å². The number of rotatable bonds is 3. The van der Waals surface area contributed by atoms with Gasteiger partial charge in [-0.15, -0.1) is 0 Å². The van der Waals surface area contributed by atoms with Crippen LogP contribution in [0.1, 0.15) is 17.4 Å². The molecule has 1 fully saturated rings. The Balaban J connectivity index is 2.16. The summed E-state index contributed by atoms with van der Waals surface area (Å²) in [6.45, 7) is 3.10. The number of ether oxygens (including phenoxy) is 1. The first kappa shape index (κ1) is 10.9. The molecule has 2 rings (SSSR count). The molecule has 0 bridgehead atoms. The molecule has 0 radical (unpaired) electrons. The first-order valence-corrected chi connectivity index (χ1v) is 5.27. The molecule has 1 amide bonds. The summed E-state index contributed by atoms with van der Waals surface area (Å²) in [5, 5.41) is 9.14. The molecule has 0 aliphatic carbocycles. The summed E-state index contributed by atoms with van der Waals surface area (Å²) < 4.78 is 5.33. The second kappa shape index (κ2) is 4.49. The van der Waals surface area contributed by atoms with Crippen LogP contribution in [0, 0.1) is 0 Å². The van der Waals surface area contributed by atoms with Gasteiger partial charge in [0.15, 0.2) is 11.4 Å². The van der Waals surface area contributed by atoms with Crippen LogP contribution in [0.5, 0.6) is 5.75 Å². The highest BCUT2D eigenvalue weighted by atomic mass is 16.5. The topological polar surface area (TPSA) is 62.7 Å². The van der Waals surface area contributed by atoms with E-state index in [2.05, 4.69) is 4.98 Å². The maximum absolute atomic E-state index is 11.9. The first-order chi connectivity index (χ1) is 7.72. The molecule has 0 unspecified atom stereocenters. The van der Waals surface area contributed by atoms with E-state index < -0.39 is 6.10 Å². The van der Waals surface area contributed by atoms with E-state index in [-0.39, 0.29) is 5.91 Å². The van der Waals surface area contributed by atoms with Crippen LogP contribution >= 0.6 is 0 Å².